The number of carbonyl (C=O) groups is 2. The summed E-state index contributed by atoms with van der Waals surface area (Å²) >= 11 is 1.60. The Kier molecular flexibility index (Phi) is 5.23. The van der Waals surface area contributed by atoms with Gasteiger partial charge in [0.15, 0.2) is 0 Å². The molecule has 25 heavy (non-hydrogen) atoms. The Morgan fingerprint density at radius 2 is 1.88 bits per heavy atom. The lowest BCUT2D eigenvalue weighted by Gasteiger charge is -2.16. The van der Waals surface area contributed by atoms with Crippen LogP contribution in [0, 0.1) is 11.8 Å². The smallest absolute Gasteiger partial charge is 0.265 e. The zero-order valence-electron chi connectivity index (χ0n) is 14.9. The molecule has 5 heteroatoms. The summed E-state index contributed by atoms with van der Waals surface area (Å²) in [5.41, 5.74) is 2.70. The Morgan fingerprint density at radius 1 is 1.16 bits per heavy atom. The van der Waals surface area contributed by atoms with Crippen molar-refractivity contribution in [2.45, 2.75) is 40.0 Å². The molecule has 0 saturated heterocycles. The average molecular weight is 356 g/mol. The molecule has 0 fully saturated rings. The molecule has 2 amide bonds. The highest BCUT2D eigenvalue weighted by atomic mass is 32.1. The van der Waals surface area contributed by atoms with Crippen LogP contribution in [0.3, 0.4) is 0 Å². The van der Waals surface area contributed by atoms with Crippen LogP contribution in [-0.2, 0) is 17.6 Å². The molecule has 0 spiro atoms. The van der Waals surface area contributed by atoms with Crippen LogP contribution in [0.1, 0.15) is 47.3 Å². The van der Waals surface area contributed by atoms with Gasteiger partial charge in [0.05, 0.1) is 4.88 Å². The van der Waals surface area contributed by atoms with E-state index in [1.54, 1.807) is 17.4 Å². The van der Waals surface area contributed by atoms with E-state index >= 15 is 0 Å². The number of amides is 2. The van der Waals surface area contributed by atoms with Gasteiger partial charge in [-0.05, 0) is 55.0 Å². The third kappa shape index (κ3) is 4.28. The van der Waals surface area contributed by atoms with Crippen LogP contribution in [0.2, 0.25) is 0 Å². The Hall–Kier alpha value is -2.14. The summed E-state index contributed by atoms with van der Waals surface area (Å²) in [6.07, 6.45) is 3.34. The Labute approximate surface area is 152 Å². The first-order chi connectivity index (χ1) is 11.9. The van der Waals surface area contributed by atoms with Crippen molar-refractivity contribution < 1.29 is 9.59 Å². The highest BCUT2D eigenvalue weighted by molar-refractivity contribution is 7.14. The van der Waals surface area contributed by atoms with Gasteiger partial charge in [0.1, 0.15) is 0 Å². The minimum absolute atomic E-state index is 0.0384. The summed E-state index contributed by atoms with van der Waals surface area (Å²) in [6, 6.07) is 9.30. The van der Waals surface area contributed by atoms with Crippen molar-refractivity contribution >= 4 is 34.5 Å². The van der Waals surface area contributed by atoms with Gasteiger partial charge < -0.3 is 10.6 Å². The fourth-order valence-electron chi connectivity index (χ4n) is 2.97. The number of aryl methyl sites for hydroxylation is 1. The predicted molar refractivity (Wildman–Crippen MR) is 103 cm³/mol. The Bertz CT molecular complexity index is 795. The summed E-state index contributed by atoms with van der Waals surface area (Å²) in [4.78, 5) is 26.5. The number of carbonyl (C=O) groups excluding carboxylic acids is 2. The van der Waals surface area contributed by atoms with Gasteiger partial charge in [-0.3, -0.25) is 9.59 Å². The van der Waals surface area contributed by atoms with Crippen LogP contribution in [-0.4, -0.2) is 11.8 Å². The molecule has 2 aromatic rings. The zero-order chi connectivity index (χ0) is 18.0. The summed E-state index contributed by atoms with van der Waals surface area (Å²) < 4.78 is 0. The second-order valence-electron chi connectivity index (χ2n) is 7.09. The molecule has 1 aliphatic carbocycles. The number of anilines is 2. The van der Waals surface area contributed by atoms with Gasteiger partial charge in [0.25, 0.3) is 5.91 Å². The van der Waals surface area contributed by atoms with Crippen molar-refractivity contribution in [3.63, 3.8) is 0 Å². The van der Waals surface area contributed by atoms with Crippen LogP contribution < -0.4 is 10.6 Å². The van der Waals surface area contributed by atoms with Gasteiger partial charge in [0.2, 0.25) is 5.91 Å². The molecular formula is C20H24N2O2S. The normalized spacial score (nSPS) is 16.4. The number of thiophene rings is 1. The van der Waals surface area contributed by atoms with Crippen LogP contribution in [0.25, 0.3) is 0 Å². The molecule has 2 N–H and O–H groups in total. The second-order valence-corrected chi connectivity index (χ2v) is 8.22. The average Bonchev–Trinajstić information content (AvgIpc) is 2.98. The molecule has 1 unspecified atom stereocenters. The molecule has 0 bridgehead atoms. The highest BCUT2D eigenvalue weighted by Crippen LogP contribution is 2.32. The van der Waals surface area contributed by atoms with Gasteiger partial charge in [0, 0.05) is 22.2 Å². The molecule has 1 aromatic heterocycles. The van der Waals surface area contributed by atoms with Gasteiger partial charge in [-0.15, -0.1) is 11.3 Å². The largest absolute Gasteiger partial charge is 0.326 e. The van der Waals surface area contributed by atoms with Gasteiger partial charge in [-0.1, -0.05) is 26.8 Å². The van der Waals surface area contributed by atoms with Crippen molar-refractivity contribution in [2.75, 3.05) is 10.6 Å². The van der Waals surface area contributed by atoms with Crippen molar-refractivity contribution in [3.05, 3.63) is 45.6 Å². The molecule has 1 heterocycles. The summed E-state index contributed by atoms with van der Waals surface area (Å²) in [7, 11) is 0. The predicted octanol–water partition coefficient (Wildman–Crippen LogP) is 4.72. The van der Waals surface area contributed by atoms with Gasteiger partial charge in [-0.2, -0.15) is 0 Å². The summed E-state index contributed by atoms with van der Waals surface area (Å²) in [5, 5.41) is 5.79. The quantitative estimate of drug-likeness (QED) is 0.833. The van der Waals surface area contributed by atoms with E-state index in [0.717, 1.165) is 17.7 Å². The fraction of sp³-hybridized carbons (Fsp3) is 0.400. The molecule has 0 radical (unpaired) electrons. The van der Waals surface area contributed by atoms with Crippen molar-refractivity contribution in [1.82, 2.24) is 0 Å². The molecule has 3 rings (SSSR count). The Morgan fingerprint density at radius 3 is 2.60 bits per heavy atom. The van der Waals surface area contributed by atoms with Crippen LogP contribution >= 0.6 is 11.3 Å². The number of rotatable bonds is 4. The number of hydrogen-bond acceptors (Lipinski definition) is 3. The van der Waals surface area contributed by atoms with Crippen LogP contribution in [0.15, 0.2) is 30.3 Å². The van der Waals surface area contributed by atoms with Crippen molar-refractivity contribution in [2.24, 2.45) is 11.8 Å². The summed E-state index contributed by atoms with van der Waals surface area (Å²) in [6.45, 7) is 5.96. The van der Waals surface area contributed by atoms with E-state index in [1.165, 1.54) is 16.9 Å². The van der Waals surface area contributed by atoms with Crippen molar-refractivity contribution in [1.29, 1.82) is 0 Å². The van der Waals surface area contributed by atoms with Crippen molar-refractivity contribution in [3.8, 4) is 0 Å². The lowest BCUT2D eigenvalue weighted by atomic mass is 9.90. The van der Waals surface area contributed by atoms with E-state index in [4.69, 9.17) is 0 Å². The van der Waals surface area contributed by atoms with E-state index in [-0.39, 0.29) is 17.7 Å². The first-order valence-corrected chi connectivity index (χ1v) is 9.58. The van der Waals surface area contributed by atoms with E-state index < -0.39 is 0 Å². The number of nitrogens with one attached hydrogen (secondary N) is 2. The van der Waals surface area contributed by atoms with Crippen LogP contribution in [0.4, 0.5) is 11.4 Å². The minimum Gasteiger partial charge on any atom is -0.326 e. The first-order valence-electron chi connectivity index (χ1n) is 8.76. The number of hydrogen-bond donors (Lipinski definition) is 2. The van der Waals surface area contributed by atoms with E-state index in [9.17, 15) is 9.59 Å². The van der Waals surface area contributed by atoms with Gasteiger partial charge in [-0.25, -0.2) is 0 Å². The monoisotopic (exact) mass is 356 g/mol. The van der Waals surface area contributed by atoms with E-state index in [1.807, 2.05) is 38.1 Å². The molecule has 0 saturated carbocycles. The lowest BCUT2D eigenvalue weighted by Crippen LogP contribution is -2.18. The maximum Gasteiger partial charge on any atom is 0.265 e. The standard InChI is InChI=1S/C20H24N2O2S/c1-12(2)19(23)21-15-5-4-6-16(11-15)22-20(24)18-10-14-9-13(3)7-8-17(14)25-18/h4-6,10-13H,7-9H2,1-3H3,(H,21,23)(H,22,24). The number of fused-ring (bicyclic) bond motifs is 1. The summed E-state index contributed by atoms with van der Waals surface area (Å²) in [5.74, 6) is 0.486. The third-order valence-corrected chi connectivity index (χ3v) is 5.70. The van der Waals surface area contributed by atoms with E-state index in [2.05, 4.69) is 17.6 Å². The molecule has 132 valence electrons. The molecular weight excluding hydrogens is 332 g/mol. The topological polar surface area (TPSA) is 58.2 Å². The third-order valence-electron chi connectivity index (χ3n) is 4.47. The zero-order valence-corrected chi connectivity index (χ0v) is 15.7. The molecule has 0 aliphatic heterocycles. The second kappa shape index (κ2) is 7.40. The van der Waals surface area contributed by atoms with Crippen LogP contribution in [0.5, 0.6) is 0 Å². The lowest BCUT2D eigenvalue weighted by molar-refractivity contribution is -0.118. The molecule has 1 aliphatic rings. The minimum atomic E-state index is -0.0851. The first kappa shape index (κ1) is 17.7. The molecule has 1 aromatic carbocycles. The number of benzene rings is 1. The maximum absolute atomic E-state index is 12.6. The van der Waals surface area contributed by atoms with E-state index in [0.29, 0.717) is 17.3 Å². The maximum atomic E-state index is 12.6. The molecule has 4 nitrogen and oxygen atoms in total. The molecule has 1 atom stereocenters. The van der Waals surface area contributed by atoms with Gasteiger partial charge >= 0.3 is 0 Å². The Balaban J connectivity index is 1.70. The highest BCUT2D eigenvalue weighted by Gasteiger charge is 2.20. The SMILES string of the molecule is CC1CCc2sc(C(=O)Nc3cccc(NC(=O)C(C)C)c3)cc2C1. The fourth-order valence-corrected chi connectivity index (χ4v) is 4.08.